The molecule has 0 bridgehead atoms. The van der Waals surface area contributed by atoms with Crippen LogP contribution in [0.15, 0.2) is 0 Å². The fourth-order valence-corrected chi connectivity index (χ4v) is 2.29. The molecule has 0 saturated carbocycles. The lowest BCUT2D eigenvalue weighted by molar-refractivity contribution is -0.137. The first-order valence-corrected chi connectivity index (χ1v) is 8.02. The van der Waals surface area contributed by atoms with Crippen LogP contribution in [0.1, 0.15) is 90.4 Å². The quantitative estimate of drug-likeness (QED) is 0.425. The van der Waals surface area contributed by atoms with E-state index in [-0.39, 0.29) is 6.42 Å². The largest absolute Gasteiger partial charge is 0.481 e. The van der Waals surface area contributed by atoms with Gasteiger partial charge in [0.1, 0.15) is 6.17 Å². The van der Waals surface area contributed by atoms with Crippen molar-refractivity contribution in [1.82, 2.24) is 0 Å². The van der Waals surface area contributed by atoms with Crippen molar-refractivity contribution < 1.29 is 14.3 Å². The molecule has 0 amide bonds. The highest BCUT2D eigenvalue weighted by Crippen LogP contribution is 2.15. The summed E-state index contributed by atoms with van der Waals surface area (Å²) in [5.74, 6) is -0.705. The number of carboxylic acids is 1. The standard InChI is InChI=1S/C16H31FO2/c1-2-3-4-9-12-15(17)13-10-7-5-6-8-11-14-16(18)19/h15H,2-14H2,1H3,(H,18,19)/t15-/m0/s1. The highest BCUT2D eigenvalue weighted by Gasteiger charge is 2.05. The molecule has 0 rings (SSSR count). The monoisotopic (exact) mass is 274 g/mol. The van der Waals surface area contributed by atoms with Gasteiger partial charge in [0.2, 0.25) is 0 Å². The lowest BCUT2D eigenvalue weighted by Crippen LogP contribution is -2.00. The molecule has 2 nitrogen and oxygen atoms in total. The van der Waals surface area contributed by atoms with Gasteiger partial charge in [-0.25, -0.2) is 4.39 Å². The summed E-state index contributed by atoms with van der Waals surface area (Å²) >= 11 is 0. The van der Waals surface area contributed by atoms with Crippen molar-refractivity contribution >= 4 is 5.97 Å². The molecule has 0 aliphatic carbocycles. The molecule has 0 aromatic carbocycles. The van der Waals surface area contributed by atoms with E-state index >= 15 is 0 Å². The van der Waals surface area contributed by atoms with Gasteiger partial charge in [-0.2, -0.15) is 0 Å². The summed E-state index contributed by atoms with van der Waals surface area (Å²) in [5, 5.41) is 8.48. The van der Waals surface area contributed by atoms with E-state index in [4.69, 9.17) is 5.11 Å². The van der Waals surface area contributed by atoms with E-state index in [1.807, 2.05) is 0 Å². The Bertz CT molecular complexity index is 207. The minimum absolute atomic E-state index is 0.282. The van der Waals surface area contributed by atoms with Crippen molar-refractivity contribution in [2.75, 3.05) is 0 Å². The van der Waals surface area contributed by atoms with E-state index in [0.717, 1.165) is 51.4 Å². The number of hydrogen-bond donors (Lipinski definition) is 1. The second-order valence-electron chi connectivity index (χ2n) is 5.50. The molecule has 0 aromatic heterocycles. The van der Waals surface area contributed by atoms with Crippen LogP contribution in [0.4, 0.5) is 4.39 Å². The smallest absolute Gasteiger partial charge is 0.303 e. The van der Waals surface area contributed by atoms with Gasteiger partial charge in [0, 0.05) is 6.42 Å². The third kappa shape index (κ3) is 15.3. The molecular weight excluding hydrogens is 243 g/mol. The predicted molar refractivity (Wildman–Crippen MR) is 78.2 cm³/mol. The van der Waals surface area contributed by atoms with E-state index in [0.29, 0.717) is 6.42 Å². The van der Waals surface area contributed by atoms with Crippen LogP contribution in [-0.2, 0) is 4.79 Å². The maximum Gasteiger partial charge on any atom is 0.303 e. The van der Waals surface area contributed by atoms with Crippen molar-refractivity contribution in [3.8, 4) is 0 Å². The van der Waals surface area contributed by atoms with Crippen molar-refractivity contribution in [3.63, 3.8) is 0 Å². The minimum atomic E-state index is -0.705. The Morgan fingerprint density at radius 1 is 0.895 bits per heavy atom. The van der Waals surface area contributed by atoms with Gasteiger partial charge in [-0.1, -0.05) is 64.7 Å². The number of unbranched alkanes of at least 4 members (excludes halogenated alkanes) is 8. The normalized spacial score (nSPS) is 12.5. The summed E-state index contributed by atoms with van der Waals surface area (Å²) in [4.78, 5) is 10.3. The molecule has 0 heterocycles. The van der Waals surface area contributed by atoms with Gasteiger partial charge >= 0.3 is 5.97 Å². The molecule has 0 aromatic rings. The molecule has 0 spiro atoms. The summed E-state index contributed by atoms with van der Waals surface area (Å²) in [6, 6.07) is 0. The van der Waals surface area contributed by atoms with Crippen LogP contribution >= 0.6 is 0 Å². The number of carbonyl (C=O) groups is 1. The Labute approximate surface area is 117 Å². The van der Waals surface area contributed by atoms with Crippen LogP contribution < -0.4 is 0 Å². The predicted octanol–water partition coefficient (Wildman–Crippen LogP) is 5.50. The molecule has 0 aliphatic rings. The molecule has 1 N–H and O–H groups in total. The van der Waals surface area contributed by atoms with E-state index in [2.05, 4.69) is 6.92 Å². The lowest BCUT2D eigenvalue weighted by Gasteiger charge is -2.07. The van der Waals surface area contributed by atoms with Gasteiger partial charge < -0.3 is 5.11 Å². The zero-order valence-corrected chi connectivity index (χ0v) is 12.5. The number of aliphatic carboxylic acids is 1. The van der Waals surface area contributed by atoms with Crippen molar-refractivity contribution in [1.29, 1.82) is 0 Å². The first-order valence-electron chi connectivity index (χ1n) is 8.02. The molecule has 0 radical (unpaired) electrons. The van der Waals surface area contributed by atoms with Crippen LogP contribution in [0.2, 0.25) is 0 Å². The second kappa shape index (κ2) is 13.8. The molecule has 0 fully saturated rings. The van der Waals surface area contributed by atoms with Crippen LogP contribution in [0.25, 0.3) is 0 Å². The molecule has 3 heteroatoms. The van der Waals surface area contributed by atoms with Gasteiger partial charge in [-0.15, -0.1) is 0 Å². The van der Waals surface area contributed by atoms with E-state index < -0.39 is 12.1 Å². The Balaban J connectivity index is 3.14. The molecule has 0 aliphatic heterocycles. The van der Waals surface area contributed by atoms with Gasteiger partial charge in [-0.05, 0) is 19.3 Å². The Hall–Kier alpha value is -0.600. The van der Waals surface area contributed by atoms with Gasteiger partial charge in [0.25, 0.3) is 0 Å². The zero-order valence-electron chi connectivity index (χ0n) is 12.5. The average Bonchev–Trinajstić information content (AvgIpc) is 2.37. The van der Waals surface area contributed by atoms with Gasteiger partial charge in [0.05, 0.1) is 0 Å². The van der Waals surface area contributed by atoms with Crippen LogP contribution in [0, 0.1) is 0 Å². The minimum Gasteiger partial charge on any atom is -0.481 e. The summed E-state index contributed by atoms with van der Waals surface area (Å²) in [7, 11) is 0. The second-order valence-corrected chi connectivity index (χ2v) is 5.50. The first kappa shape index (κ1) is 18.4. The number of hydrogen-bond acceptors (Lipinski definition) is 1. The lowest BCUT2D eigenvalue weighted by atomic mass is 10.0. The molecule has 1 atom stereocenters. The van der Waals surface area contributed by atoms with E-state index in [1.54, 1.807) is 0 Å². The summed E-state index contributed by atoms with van der Waals surface area (Å²) < 4.78 is 13.5. The molecule has 114 valence electrons. The Morgan fingerprint density at radius 3 is 1.89 bits per heavy atom. The summed E-state index contributed by atoms with van der Waals surface area (Å²) in [6.07, 6.45) is 11.8. The van der Waals surface area contributed by atoms with Gasteiger partial charge in [0.15, 0.2) is 0 Å². The fraction of sp³-hybridized carbons (Fsp3) is 0.938. The molecular formula is C16H31FO2. The average molecular weight is 274 g/mol. The molecule has 0 unspecified atom stereocenters. The number of rotatable bonds is 14. The number of alkyl halides is 1. The van der Waals surface area contributed by atoms with Crippen LogP contribution in [-0.4, -0.2) is 17.2 Å². The molecule has 0 saturated heterocycles. The fourth-order valence-electron chi connectivity index (χ4n) is 2.29. The van der Waals surface area contributed by atoms with Crippen molar-refractivity contribution in [2.24, 2.45) is 0 Å². The van der Waals surface area contributed by atoms with Crippen LogP contribution in [0.3, 0.4) is 0 Å². The Morgan fingerprint density at radius 2 is 1.37 bits per heavy atom. The van der Waals surface area contributed by atoms with E-state index in [9.17, 15) is 9.18 Å². The zero-order chi connectivity index (χ0) is 14.3. The van der Waals surface area contributed by atoms with Crippen molar-refractivity contribution in [2.45, 2.75) is 96.6 Å². The van der Waals surface area contributed by atoms with Crippen molar-refractivity contribution in [3.05, 3.63) is 0 Å². The van der Waals surface area contributed by atoms with Crippen LogP contribution in [0.5, 0.6) is 0 Å². The maximum atomic E-state index is 13.5. The summed E-state index contributed by atoms with van der Waals surface area (Å²) in [5.41, 5.74) is 0. The molecule has 19 heavy (non-hydrogen) atoms. The highest BCUT2D eigenvalue weighted by molar-refractivity contribution is 5.66. The Kier molecular flexibility index (Phi) is 13.4. The number of halogens is 1. The highest BCUT2D eigenvalue weighted by atomic mass is 19.1. The number of carboxylic acid groups (broad SMARTS) is 1. The van der Waals surface area contributed by atoms with E-state index in [1.165, 1.54) is 19.3 Å². The maximum absolute atomic E-state index is 13.5. The third-order valence-electron chi connectivity index (χ3n) is 3.53. The van der Waals surface area contributed by atoms with Gasteiger partial charge in [-0.3, -0.25) is 4.79 Å². The first-order chi connectivity index (χ1) is 9.16. The summed E-state index contributed by atoms with van der Waals surface area (Å²) in [6.45, 7) is 2.17. The third-order valence-corrected chi connectivity index (χ3v) is 3.53. The SMILES string of the molecule is CCCCCC[C@H](F)CCCCCCCCC(=O)O. The topological polar surface area (TPSA) is 37.3 Å².